The van der Waals surface area contributed by atoms with Gasteiger partial charge in [-0.2, -0.15) is 0 Å². The van der Waals surface area contributed by atoms with E-state index in [1.807, 2.05) is 0 Å². The zero-order chi connectivity index (χ0) is 13.8. The van der Waals surface area contributed by atoms with Crippen molar-refractivity contribution in [2.75, 3.05) is 7.11 Å². The standard InChI is InChI=1S/C12H11BrN2O3S/c1-17-10-4-2-3-8(12(13)16)9(10)7-18-11-5-6-15(19)14-11/h2-6,19H,7H2,1H3. The van der Waals surface area contributed by atoms with Crippen LogP contribution in [0.3, 0.4) is 0 Å². The van der Waals surface area contributed by atoms with E-state index in [9.17, 15) is 4.79 Å². The maximum Gasteiger partial charge on any atom is 0.234 e. The Hall–Kier alpha value is -1.47. The second-order valence-corrected chi connectivity index (χ2v) is 4.75. The van der Waals surface area contributed by atoms with E-state index in [-0.39, 0.29) is 11.3 Å². The second-order valence-electron chi connectivity index (χ2n) is 3.62. The molecular weight excluding hydrogens is 332 g/mol. The smallest absolute Gasteiger partial charge is 0.234 e. The first-order chi connectivity index (χ1) is 9.11. The molecule has 2 rings (SSSR count). The van der Waals surface area contributed by atoms with E-state index in [4.69, 9.17) is 9.47 Å². The van der Waals surface area contributed by atoms with Crippen molar-refractivity contribution in [2.45, 2.75) is 6.61 Å². The molecule has 5 nitrogen and oxygen atoms in total. The molecule has 19 heavy (non-hydrogen) atoms. The van der Waals surface area contributed by atoms with Gasteiger partial charge in [-0.3, -0.25) is 4.79 Å². The topological polar surface area (TPSA) is 53.4 Å². The van der Waals surface area contributed by atoms with E-state index in [0.717, 1.165) is 0 Å². The Balaban J connectivity index is 2.25. The van der Waals surface area contributed by atoms with Gasteiger partial charge in [0.05, 0.1) is 7.11 Å². The first-order valence-corrected chi connectivity index (χ1v) is 6.54. The largest absolute Gasteiger partial charge is 0.496 e. The summed E-state index contributed by atoms with van der Waals surface area (Å²) in [6.45, 7) is 0.182. The summed E-state index contributed by atoms with van der Waals surface area (Å²) < 4.78 is 11.9. The number of aromatic nitrogens is 2. The highest BCUT2D eigenvalue weighted by Crippen LogP contribution is 2.25. The number of hydrogen-bond donors (Lipinski definition) is 1. The Kier molecular flexibility index (Phi) is 4.49. The zero-order valence-electron chi connectivity index (χ0n) is 10.0. The lowest BCUT2D eigenvalue weighted by Gasteiger charge is -2.11. The summed E-state index contributed by atoms with van der Waals surface area (Å²) in [6, 6.07) is 6.90. The van der Waals surface area contributed by atoms with E-state index in [1.165, 1.54) is 4.09 Å². The van der Waals surface area contributed by atoms with Crippen LogP contribution in [0.4, 0.5) is 0 Å². The maximum atomic E-state index is 11.5. The summed E-state index contributed by atoms with van der Waals surface area (Å²) in [5, 5.41) is 3.98. The van der Waals surface area contributed by atoms with Crippen LogP contribution in [0.2, 0.25) is 0 Å². The predicted octanol–water partition coefficient (Wildman–Crippen LogP) is 2.70. The molecule has 100 valence electrons. The molecule has 0 aliphatic rings. The normalized spacial score (nSPS) is 10.3. The average Bonchev–Trinajstić information content (AvgIpc) is 2.81. The van der Waals surface area contributed by atoms with Gasteiger partial charge in [0.15, 0.2) is 0 Å². The van der Waals surface area contributed by atoms with Crippen molar-refractivity contribution >= 4 is 33.4 Å². The fraction of sp³-hybridized carbons (Fsp3) is 0.167. The summed E-state index contributed by atoms with van der Waals surface area (Å²) in [5.74, 6) is 1.02. The van der Waals surface area contributed by atoms with Gasteiger partial charge < -0.3 is 9.47 Å². The van der Waals surface area contributed by atoms with Crippen LogP contribution in [-0.2, 0) is 6.61 Å². The quantitative estimate of drug-likeness (QED) is 0.670. The molecule has 0 saturated heterocycles. The van der Waals surface area contributed by atoms with Gasteiger partial charge in [0.25, 0.3) is 0 Å². The molecule has 0 aliphatic carbocycles. The van der Waals surface area contributed by atoms with Crippen molar-refractivity contribution in [3.8, 4) is 11.6 Å². The third-order valence-corrected chi connectivity index (χ3v) is 3.13. The molecule has 0 fully saturated rings. The molecule has 7 heteroatoms. The number of carbonyl (C=O) groups is 1. The van der Waals surface area contributed by atoms with Gasteiger partial charge in [0.1, 0.15) is 12.4 Å². The van der Waals surface area contributed by atoms with Crippen molar-refractivity contribution in [3.05, 3.63) is 41.6 Å². The number of ether oxygens (including phenoxy) is 2. The second kappa shape index (κ2) is 6.12. The minimum Gasteiger partial charge on any atom is -0.496 e. The van der Waals surface area contributed by atoms with Crippen molar-refractivity contribution in [1.29, 1.82) is 0 Å². The summed E-state index contributed by atoms with van der Waals surface area (Å²) in [5.41, 5.74) is 1.17. The Bertz CT molecular complexity index is 600. The molecule has 1 aromatic carbocycles. The number of rotatable bonds is 5. The minimum atomic E-state index is -0.218. The Labute approximate surface area is 124 Å². The highest BCUT2D eigenvalue weighted by Gasteiger charge is 2.14. The molecule has 1 aromatic heterocycles. The molecule has 0 unspecified atom stereocenters. The summed E-state index contributed by atoms with van der Waals surface area (Å²) in [4.78, 5) is 11.5. The van der Waals surface area contributed by atoms with Gasteiger partial charge in [-0.05, 0) is 40.9 Å². The summed E-state index contributed by atoms with van der Waals surface area (Å²) in [6.07, 6.45) is 1.65. The fourth-order valence-corrected chi connectivity index (χ4v) is 2.14. The van der Waals surface area contributed by atoms with Crippen LogP contribution in [0.1, 0.15) is 15.9 Å². The van der Waals surface area contributed by atoms with Crippen molar-refractivity contribution in [1.82, 2.24) is 9.19 Å². The summed E-state index contributed by atoms with van der Waals surface area (Å²) in [7, 11) is 1.55. The SMILES string of the molecule is COc1cccc(C(=O)Br)c1COc1ccn(S)n1. The van der Waals surface area contributed by atoms with E-state index in [2.05, 4.69) is 33.8 Å². The molecule has 0 amide bonds. The Morgan fingerprint density at radius 2 is 2.26 bits per heavy atom. The number of benzene rings is 1. The van der Waals surface area contributed by atoms with Crippen LogP contribution >= 0.6 is 28.7 Å². The van der Waals surface area contributed by atoms with Crippen molar-refractivity contribution < 1.29 is 14.3 Å². The zero-order valence-corrected chi connectivity index (χ0v) is 12.5. The maximum absolute atomic E-state index is 11.5. The Morgan fingerprint density at radius 1 is 1.47 bits per heavy atom. The average molecular weight is 343 g/mol. The van der Waals surface area contributed by atoms with Gasteiger partial charge >= 0.3 is 0 Å². The number of halogens is 1. The third-order valence-electron chi connectivity index (χ3n) is 2.48. The minimum absolute atomic E-state index is 0.182. The lowest BCUT2D eigenvalue weighted by Crippen LogP contribution is -2.05. The number of nitrogens with zero attached hydrogens (tertiary/aromatic N) is 2. The first kappa shape index (κ1) is 14.0. The van der Waals surface area contributed by atoms with E-state index in [0.29, 0.717) is 22.8 Å². The van der Waals surface area contributed by atoms with Crippen molar-refractivity contribution in [3.63, 3.8) is 0 Å². The van der Waals surface area contributed by atoms with Crippen LogP contribution < -0.4 is 9.47 Å². The molecule has 0 spiro atoms. The van der Waals surface area contributed by atoms with Crippen LogP contribution in [-0.4, -0.2) is 21.0 Å². The molecule has 0 bridgehead atoms. The molecule has 2 aromatic rings. The number of hydrogen-bond acceptors (Lipinski definition) is 5. The van der Waals surface area contributed by atoms with Gasteiger partial charge in [0, 0.05) is 23.4 Å². The van der Waals surface area contributed by atoms with Gasteiger partial charge in [-0.1, -0.05) is 6.07 Å². The first-order valence-electron chi connectivity index (χ1n) is 5.35. The van der Waals surface area contributed by atoms with Crippen LogP contribution in [0.15, 0.2) is 30.5 Å². The van der Waals surface area contributed by atoms with Crippen LogP contribution in [0.25, 0.3) is 0 Å². The lowest BCUT2D eigenvalue weighted by molar-refractivity contribution is 0.109. The van der Waals surface area contributed by atoms with E-state index < -0.39 is 0 Å². The highest BCUT2D eigenvalue weighted by molar-refractivity contribution is 9.18. The Morgan fingerprint density at radius 3 is 2.84 bits per heavy atom. The monoisotopic (exact) mass is 342 g/mol. The van der Waals surface area contributed by atoms with E-state index in [1.54, 1.807) is 37.6 Å². The summed E-state index contributed by atoms with van der Waals surface area (Å²) >= 11 is 6.96. The van der Waals surface area contributed by atoms with E-state index >= 15 is 0 Å². The van der Waals surface area contributed by atoms with Crippen LogP contribution in [0.5, 0.6) is 11.6 Å². The van der Waals surface area contributed by atoms with Crippen LogP contribution in [0, 0.1) is 0 Å². The van der Waals surface area contributed by atoms with Gasteiger partial charge in [-0.15, -0.1) is 5.10 Å². The third kappa shape index (κ3) is 3.30. The highest BCUT2D eigenvalue weighted by atomic mass is 79.9. The molecule has 0 radical (unpaired) electrons. The number of methoxy groups -OCH3 is 1. The number of carbonyl (C=O) groups excluding carboxylic acids is 1. The molecule has 0 saturated carbocycles. The fourth-order valence-electron chi connectivity index (χ4n) is 1.61. The van der Waals surface area contributed by atoms with Gasteiger partial charge in [-0.25, -0.2) is 4.09 Å². The predicted molar refractivity (Wildman–Crippen MR) is 77.2 cm³/mol. The molecule has 1 heterocycles. The molecular formula is C12H11BrN2O3S. The molecule has 0 aliphatic heterocycles. The number of thiol groups is 1. The van der Waals surface area contributed by atoms with Gasteiger partial charge in [0.2, 0.25) is 10.6 Å². The molecule has 0 atom stereocenters. The lowest BCUT2D eigenvalue weighted by atomic mass is 10.1. The van der Waals surface area contributed by atoms with Crippen molar-refractivity contribution in [2.24, 2.45) is 0 Å². The molecule has 0 N–H and O–H groups in total.